The van der Waals surface area contributed by atoms with E-state index in [0.717, 1.165) is 61.2 Å². The van der Waals surface area contributed by atoms with E-state index in [1.807, 2.05) is 215 Å². The molecule has 132 heavy (non-hydrogen) atoms. The predicted molar refractivity (Wildman–Crippen MR) is 548 cm³/mol. The SMILES string of the molecule is CC.CC.CC.CC.CC.CC.CC.CC.CC.CC.Cc1cc(NS(=O)(=O)c2ccccc2)c(C(=O)c2cccnc2)cc1C.Cc1ccc(S(=O)(=O)Nc2cc(C)c(C)cc2C(=O)c2c(C)ccc[n+]2[O-])cc1.Cc1ccc(S(=O)(=O)Nc2cc(C)c(C)cc2C(=O)c2cccc(C)[n+]2[O-])cc1.Cc1ccc(S(=O)(=O)Nc2cc(C)c(C)cc2C(=O)c2cccnc2C)cc1. The number of hydrogen-bond acceptors (Lipinski definition) is 16. The summed E-state index contributed by atoms with van der Waals surface area (Å²) in [5.41, 5.74) is 13.6. The van der Waals surface area contributed by atoms with E-state index >= 15 is 0 Å². The number of nitrogens with zero attached hydrogens (tertiary/aromatic N) is 4. The molecule has 0 aliphatic carbocycles. The Morgan fingerprint density at radius 1 is 0.288 bits per heavy atom. The number of pyridine rings is 4. The maximum absolute atomic E-state index is 13.2. The van der Waals surface area contributed by atoms with Crippen LogP contribution < -0.4 is 28.3 Å². The number of rotatable bonds is 20. The number of aryl methyl sites for hydroxylation is 14. The van der Waals surface area contributed by atoms with Crippen molar-refractivity contribution in [1.82, 2.24) is 9.97 Å². The summed E-state index contributed by atoms with van der Waals surface area (Å²) in [5, 5.41) is 24.6. The monoisotopic (exact) mass is 1880 g/mol. The number of carbonyl (C=O) groups excluding carboxylic acids is 4. The second kappa shape index (κ2) is 61.3. The van der Waals surface area contributed by atoms with Crippen molar-refractivity contribution in [2.24, 2.45) is 0 Å². The van der Waals surface area contributed by atoms with E-state index in [2.05, 4.69) is 28.9 Å². The van der Waals surface area contributed by atoms with Gasteiger partial charge in [-0.1, -0.05) is 210 Å². The zero-order chi connectivity index (χ0) is 102. The highest BCUT2D eigenvalue weighted by Gasteiger charge is 2.30. The lowest BCUT2D eigenvalue weighted by molar-refractivity contribution is -0.614. The first kappa shape index (κ1) is 122. The molecule has 4 aromatic heterocycles. The van der Waals surface area contributed by atoms with E-state index in [0.29, 0.717) is 48.7 Å². The highest BCUT2D eigenvalue weighted by Crippen LogP contribution is 2.32. The zero-order valence-corrected chi connectivity index (χ0v) is 87.3. The molecule has 0 radical (unpaired) electrons. The number of sulfonamides is 4. The predicted octanol–water partition coefficient (Wildman–Crippen LogP) is 25.5. The highest BCUT2D eigenvalue weighted by atomic mass is 32.2. The summed E-state index contributed by atoms with van der Waals surface area (Å²) in [7, 11) is -15.4. The summed E-state index contributed by atoms with van der Waals surface area (Å²) in [6.45, 7) is 65.5. The fraction of sp³-hybridized carbons (Fsp3) is 0.321. The average Bonchev–Trinajstić information content (AvgIpc) is 0.857. The maximum Gasteiger partial charge on any atom is 0.267 e. The quantitative estimate of drug-likeness (QED) is 0.0313. The topological polar surface area (TPSA) is 333 Å². The summed E-state index contributed by atoms with van der Waals surface area (Å²) in [5.74, 6) is -1.64. The van der Waals surface area contributed by atoms with Crippen LogP contribution in [0.4, 0.5) is 22.7 Å². The second-order valence-electron chi connectivity index (χ2n) is 27.0. The van der Waals surface area contributed by atoms with E-state index in [-0.39, 0.29) is 76.4 Å². The van der Waals surface area contributed by atoms with Crippen molar-refractivity contribution < 1.29 is 62.3 Å². The third kappa shape index (κ3) is 35.4. The zero-order valence-electron chi connectivity index (χ0n) is 84.1. The summed E-state index contributed by atoms with van der Waals surface area (Å²) < 4.78 is 114. The molecule has 0 unspecified atom stereocenters. The van der Waals surface area contributed by atoms with Crippen LogP contribution in [0.5, 0.6) is 0 Å². The molecule has 0 atom stereocenters. The molecule has 0 saturated heterocycles. The van der Waals surface area contributed by atoms with Gasteiger partial charge in [0.2, 0.25) is 0 Å². The Morgan fingerprint density at radius 3 is 0.924 bits per heavy atom. The molecule has 4 heterocycles. The van der Waals surface area contributed by atoms with Gasteiger partial charge in [0.05, 0.1) is 53.5 Å². The molecule has 0 spiro atoms. The summed E-state index contributed by atoms with van der Waals surface area (Å²) in [4.78, 5) is 60.9. The number of ketones is 4. The van der Waals surface area contributed by atoms with Crippen molar-refractivity contribution >= 4 is 86.0 Å². The van der Waals surface area contributed by atoms with Crippen molar-refractivity contribution in [2.45, 2.75) is 255 Å². The fourth-order valence-electron chi connectivity index (χ4n) is 11.4. The van der Waals surface area contributed by atoms with Gasteiger partial charge >= 0.3 is 0 Å². The molecule has 12 rings (SSSR count). The first-order valence-corrected chi connectivity index (χ1v) is 50.9. The van der Waals surface area contributed by atoms with Gasteiger partial charge in [-0.25, -0.2) is 33.7 Å². The molecule has 0 bridgehead atoms. The van der Waals surface area contributed by atoms with Crippen LogP contribution in [0, 0.1) is 107 Å². The largest absolute Gasteiger partial charge is 0.618 e. The summed E-state index contributed by atoms with van der Waals surface area (Å²) >= 11 is 0. The number of benzene rings is 8. The highest BCUT2D eigenvalue weighted by molar-refractivity contribution is 7.93. The molecule has 0 amide bonds. The van der Waals surface area contributed by atoms with Gasteiger partial charge in [-0.3, -0.25) is 48.0 Å². The molecule has 12 aromatic rings. The van der Waals surface area contributed by atoms with Gasteiger partial charge in [0.25, 0.3) is 63.0 Å². The lowest BCUT2D eigenvalue weighted by Gasteiger charge is -2.15. The van der Waals surface area contributed by atoms with Crippen LogP contribution in [0.15, 0.2) is 251 Å². The second-order valence-corrected chi connectivity index (χ2v) is 33.7. The van der Waals surface area contributed by atoms with Gasteiger partial charge in [0, 0.05) is 77.2 Å². The fourth-order valence-corrected chi connectivity index (χ4v) is 15.7. The molecule has 716 valence electrons. The van der Waals surface area contributed by atoms with Gasteiger partial charge in [-0.15, -0.1) is 0 Å². The first-order valence-electron chi connectivity index (χ1n) is 45.0. The molecule has 0 aliphatic rings. The number of aromatic nitrogens is 4. The average molecular weight is 1880 g/mol. The van der Waals surface area contributed by atoms with Gasteiger partial charge in [0.1, 0.15) is 0 Å². The number of nitrogens with one attached hydrogen (secondary N) is 4. The molecule has 0 aliphatic heterocycles. The maximum atomic E-state index is 13.2. The van der Waals surface area contributed by atoms with Crippen LogP contribution in [0.1, 0.15) is 281 Å². The van der Waals surface area contributed by atoms with Crippen LogP contribution in [-0.2, 0) is 40.1 Å². The number of anilines is 4. The Labute approximate surface area is 791 Å². The number of carbonyl (C=O) groups is 4. The van der Waals surface area contributed by atoms with Crippen LogP contribution in [0.25, 0.3) is 0 Å². The lowest BCUT2D eigenvalue weighted by Crippen LogP contribution is -2.37. The van der Waals surface area contributed by atoms with Gasteiger partial charge in [0.15, 0.2) is 23.5 Å². The third-order valence-electron chi connectivity index (χ3n) is 18.5. The minimum absolute atomic E-state index is 0.0356. The van der Waals surface area contributed by atoms with Crippen molar-refractivity contribution in [2.75, 3.05) is 18.9 Å². The molecule has 0 fully saturated rings. The summed E-state index contributed by atoms with van der Waals surface area (Å²) in [6.07, 6.45) is 5.91. The molecular formula is C106H144N8O14S4. The molecule has 0 saturated carbocycles. The Hall–Kier alpha value is -12.4. The minimum Gasteiger partial charge on any atom is -0.618 e. The Kier molecular flexibility index (Phi) is 56.5. The third-order valence-corrected chi connectivity index (χ3v) is 24.0. The summed E-state index contributed by atoms with van der Waals surface area (Å²) in [6, 6.07) is 55.3. The Morgan fingerprint density at radius 2 is 0.598 bits per heavy atom. The molecule has 8 aromatic carbocycles. The normalized spacial score (nSPS) is 10.0. The van der Waals surface area contributed by atoms with Crippen molar-refractivity contribution in [3.63, 3.8) is 0 Å². The van der Waals surface area contributed by atoms with Crippen molar-refractivity contribution in [3.8, 4) is 0 Å². The number of hydrogen-bond donors (Lipinski definition) is 4. The van der Waals surface area contributed by atoms with Crippen LogP contribution in [0.2, 0.25) is 0 Å². The van der Waals surface area contributed by atoms with Gasteiger partial charge in [-0.05, 0) is 268 Å². The molecule has 22 nitrogen and oxygen atoms in total. The lowest BCUT2D eigenvalue weighted by atomic mass is 9.97. The van der Waals surface area contributed by atoms with Crippen molar-refractivity contribution in [1.29, 1.82) is 0 Å². The van der Waals surface area contributed by atoms with E-state index in [1.54, 1.807) is 197 Å². The van der Waals surface area contributed by atoms with E-state index in [4.69, 9.17) is 0 Å². The standard InChI is InChI=1S/2C22H22N2O4S.C22H22N2O3S.C20H18N2O3S.10C2H6/c1-14-7-9-18(10-8-14)29(27,28)23-20-13-17(4)16(3)12-19(20)22(25)21-15(2)6-5-11-24(21)26;1-14-8-10-18(11-9-14)29(27,28)23-20-13-16(3)15(2)12-19(20)22(25)21-7-5-6-17(4)24(21)26;1-14-7-9-18(10-8-14)28(26,27)24-21-13-16(3)15(2)12-20(21)22(25)19-6-5-11-23-17(19)4;1-14-11-18(20(23)16-7-6-10-21-13-16)19(12-15(14)2)22-26(24,25)17-8-4-3-5-9-17;10*1-2/h2*5-13,23H,1-4H3;5-13,24H,1-4H3;3-13,22H,1-2H3;10*1-2H3. The van der Waals surface area contributed by atoms with E-state index < -0.39 is 51.7 Å². The van der Waals surface area contributed by atoms with E-state index in [9.17, 15) is 63.3 Å². The smallest absolute Gasteiger partial charge is 0.267 e. The van der Waals surface area contributed by atoms with Crippen molar-refractivity contribution in [3.05, 3.63) is 364 Å². The molecule has 26 heteroatoms. The van der Waals surface area contributed by atoms with Gasteiger partial charge in [-0.2, -0.15) is 9.46 Å². The minimum atomic E-state index is -3.91. The van der Waals surface area contributed by atoms with E-state index in [1.165, 1.54) is 54.9 Å². The van der Waals surface area contributed by atoms with Crippen LogP contribution in [0.3, 0.4) is 0 Å². The Bertz CT molecular complexity index is 6080. The molecule has 4 N–H and O–H groups in total. The molecular weight excluding hydrogens is 1740 g/mol. The van der Waals surface area contributed by atoms with Crippen LogP contribution >= 0.6 is 0 Å². The van der Waals surface area contributed by atoms with Crippen LogP contribution in [-0.4, -0.2) is 66.8 Å². The first-order chi connectivity index (χ1) is 62.8. The van der Waals surface area contributed by atoms with Gasteiger partial charge < -0.3 is 10.4 Å². The Balaban J connectivity index is 0.